The highest BCUT2D eigenvalue weighted by Crippen LogP contribution is 2.35. The fourth-order valence-electron chi connectivity index (χ4n) is 3.69. The van der Waals surface area contributed by atoms with Gasteiger partial charge in [0.1, 0.15) is 0 Å². The van der Waals surface area contributed by atoms with Gasteiger partial charge in [-0.25, -0.2) is 4.90 Å². The lowest BCUT2D eigenvalue weighted by molar-refractivity contribution is -0.121. The van der Waals surface area contributed by atoms with Crippen LogP contribution in [0.25, 0.3) is 10.9 Å². The van der Waals surface area contributed by atoms with Crippen molar-refractivity contribution in [3.63, 3.8) is 0 Å². The number of amides is 2. The fourth-order valence-corrected chi connectivity index (χ4v) is 5.24. The molecule has 1 saturated heterocycles. The number of halogens is 2. The molecule has 1 fully saturated rings. The molecule has 0 bridgehead atoms. The van der Waals surface area contributed by atoms with E-state index in [0.717, 1.165) is 21.5 Å². The number of aromatic nitrogens is 1. The van der Waals surface area contributed by atoms with Crippen molar-refractivity contribution in [3.05, 3.63) is 88.5 Å². The summed E-state index contributed by atoms with van der Waals surface area (Å²) in [6, 6.07) is 20.2. The molecule has 1 aliphatic rings. The molecule has 5 rings (SSSR count). The smallest absolute Gasteiger partial charge is 0.247 e. The largest absolute Gasteiger partial charge is 0.361 e. The molecule has 0 spiro atoms. The normalized spacial score (nSPS) is 16.4. The number of aliphatic imine (C=N–C) groups is 1. The Morgan fingerprint density at radius 3 is 2.52 bits per heavy atom. The van der Waals surface area contributed by atoms with Crippen molar-refractivity contribution < 1.29 is 9.59 Å². The van der Waals surface area contributed by atoms with Crippen molar-refractivity contribution in [2.75, 3.05) is 4.90 Å². The van der Waals surface area contributed by atoms with Crippen LogP contribution in [-0.2, 0) is 9.59 Å². The number of fused-ring (bicyclic) bond motifs is 1. The molecule has 33 heavy (non-hydrogen) atoms. The van der Waals surface area contributed by atoms with Crippen LogP contribution in [0.5, 0.6) is 0 Å². The minimum atomic E-state index is -0.465. The number of hydrogen-bond acceptors (Lipinski definition) is 4. The summed E-state index contributed by atoms with van der Waals surface area (Å²) in [6.45, 7) is 0. The van der Waals surface area contributed by atoms with Gasteiger partial charge in [0.25, 0.3) is 0 Å². The van der Waals surface area contributed by atoms with Gasteiger partial charge in [0.05, 0.1) is 26.7 Å². The van der Waals surface area contributed by atoms with Gasteiger partial charge in [-0.1, -0.05) is 35.3 Å². The lowest BCUT2D eigenvalue weighted by Crippen LogP contribution is -2.31. The monoisotopic (exact) mass is 493 g/mol. The molecule has 1 atom stereocenters. The van der Waals surface area contributed by atoms with E-state index in [9.17, 15) is 9.59 Å². The van der Waals surface area contributed by atoms with Gasteiger partial charge < -0.3 is 4.98 Å². The highest BCUT2D eigenvalue weighted by Gasteiger charge is 2.40. The molecule has 4 aromatic rings. The molecule has 1 unspecified atom stereocenters. The van der Waals surface area contributed by atoms with Gasteiger partial charge in [-0.15, -0.1) is 11.8 Å². The second-order valence-corrected chi connectivity index (χ2v) is 9.61. The second kappa shape index (κ2) is 9.06. The third kappa shape index (κ3) is 4.42. The Kier molecular flexibility index (Phi) is 5.98. The summed E-state index contributed by atoms with van der Waals surface area (Å²) in [6.07, 6.45) is 3.62. The van der Waals surface area contributed by atoms with Crippen molar-refractivity contribution in [3.8, 4) is 0 Å². The molecule has 0 aliphatic carbocycles. The Bertz CT molecular complexity index is 1380. The molecular weight excluding hydrogens is 477 g/mol. The second-order valence-electron chi connectivity index (χ2n) is 7.51. The van der Waals surface area contributed by atoms with Crippen molar-refractivity contribution in [1.82, 2.24) is 4.98 Å². The summed E-state index contributed by atoms with van der Waals surface area (Å²) in [5, 5.41) is 1.63. The number of nitrogens with zero attached hydrogens (tertiary/aromatic N) is 2. The molecule has 0 saturated carbocycles. The zero-order valence-corrected chi connectivity index (χ0v) is 19.5. The predicted octanol–water partition coefficient (Wildman–Crippen LogP) is 6.65. The van der Waals surface area contributed by atoms with Crippen molar-refractivity contribution >= 4 is 75.3 Å². The number of aromatic amines is 1. The number of hydrogen-bond donors (Lipinski definition) is 1. The van der Waals surface area contributed by atoms with Gasteiger partial charge in [-0.05, 0) is 60.0 Å². The van der Waals surface area contributed by atoms with Gasteiger partial charge in [-0.3, -0.25) is 14.6 Å². The first-order valence-corrected chi connectivity index (χ1v) is 11.8. The molecule has 5 nitrogen and oxygen atoms in total. The van der Waals surface area contributed by atoms with E-state index in [1.165, 1.54) is 16.7 Å². The van der Waals surface area contributed by atoms with Crippen LogP contribution in [0.15, 0.2) is 82.8 Å². The zero-order chi connectivity index (χ0) is 22.9. The minimum Gasteiger partial charge on any atom is -0.361 e. The number of thioether (sulfide) groups is 1. The van der Waals surface area contributed by atoms with E-state index in [1.807, 2.05) is 48.7 Å². The molecule has 0 radical (unpaired) electrons. The van der Waals surface area contributed by atoms with Crippen molar-refractivity contribution in [2.45, 2.75) is 16.6 Å². The maximum atomic E-state index is 13.0. The van der Waals surface area contributed by atoms with Gasteiger partial charge >= 0.3 is 0 Å². The molecule has 3 aromatic carbocycles. The third-order valence-corrected chi connectivity index (χ3v) is 7.22. The van der Waals surface area contributed by atoms with Gasteiger partial charge in [0.2, 0.25) is 11.8 Å². The Morgan fingerprint density at radius 2 is 1.76 bits per heavy atom. The molecule has 2 heterocycles. The van der Waals surface area contributed by atoms with E-state index in [4.69, 9.17) is 23.2 Å². The summed E-state index contributed by atoms with van der Waals surface area (Å²) in [7, 11) is 0. The number of rotatable bonds is 5. The molecule has 1 aromatic heterocycles. The number of nitrogens with one attached hydrogen (secondary N) is 1. The van der Waals surface area contributed by atoms with Crippen LogP contribution in [0.4, 0.5) is 11.4 Å². The van der Waals surface area contributed by atoms with Crippen LogP contribution >= 0.6 is 35.0 Å². The molecular formula is C25H17Cl2N3O2S. The first-order chi connectivity index (χ1) is 16.0. The van der Waals surface area contributed by atoms with E-state index in [-0.39, 0.29) is 18.2 Å². The van der Waals surface area contributed by atoms with E-state index in [0.29, 0.717) is 21.3 Å². The molecule has 8 heteroatoms. The first-order valence-electron chi connectivity index (χ1n) is 10.2. The average Bonchev–Trinajstić information content (AvgIpc) is 3.38. The summed E-state index contributed by atoms with van der Waals surface area (Å²) in [4.78, 5) is 35.4. The molecule has 164 valence electrons. The number of imide groups is 1. The maximum absolute atomic E-state index is 13.0. The zero-order valence-electron chi connectivity index (χ0n) is 17.2. The maximum Gasteiger partial charge on any atom is 0.247 e. The van der Waals surface area contributed by atoms with E-state index < -0.39 is 5.25 Å². The number of benzene rings is 3. The number of carbonyl (C=O) groups excluding carboxylic acids is 2. The Hall–Kier alpha value is -3.06. The summed E-state index contributed by atoms with van der Waals surface area (Å²) < 4.78 is 0. The van der Waals surface area contributed by atoms with Crippen molar-refractivity contribution in [2.24, 2.45) is 4.99 Å². The summed E-state index contributed by atoms with van der Waals surface area (Å²) in [5.41, 5.74) is 2.86. The number of H-pyrrole nitrogens is 1. The van der Waals surface area contributed by atoms with Crippen LogP contribution in [-0.4, -0.2) is 28.3 Å². The fraction of sp³-hybridized carbons (Fsp3) is 0.0800. The highest BCUT2D eigenvalue weighted by molar-refractivity contribution is 8.00. The molecule has 1 aliphatic heterocycles. The molecule has 1 N–H and O–H groups in total. The topological polar surface area (TPSA) is 65.5 Å². The standard InChI is InChI=1S/C25H17Cl2N3O2S/c26-20-2-1-3-21(27)19(20)14-29-16-5-8-18(9-6-16)33-23-13-24(31)30(25(23)32)17-7-4-15-10-11-28-22(15)12-17/h1-12,14,23,28H,13H2. The van der Waals surface area contributed by atoms with Crippen LogP contribution in [0.2, 0.25) is 10.0 Å². The minimum absolute atomic E-state index is 0.164. The number of carbonyl (C=O) groups is 2. The number of anilines is 1. The van der Waals surface area contributed by atoms with Crippen LogP contribution in [0, 0.1) is 0 Å². The lowest BCUT2D eigenvalue weighted by Gasteiger charge is -2.15. The summed E-state index contributed by atoms with van der Waals surface area (Å²) in [5.74, 6) is -0.396. The highest BCUT2D eigenvalue weighted by atomic mass is 35.5. The van der Waals surface area contributed by atoms with Crippen LogP contribution < -0.4 is 4.90 Å². The van der Waals surface area contributed by atoms with E-state index in [2.05, 4.69) is 9.98 Å². The van der Waals surface area contributed by atoms with Crippen LogP contribution in [0.3, 0.4) is 0 Å². The first kappa shape index (κ1) is 21.8. The Balaban J connectivity index is 1.29. The predicted molar refractivity (Wildman–Crippen MR) is 135 cm³/mol. The van der Waals surface area contributed by atoms with Gasteiger partial charge in [0, 0.05) is 34.8 Å². The van der Waals surface area contributed by atoms with E-state index in [1.54, 1.807) is 30.5 Å². The SMILES string of the molecule is O=C1CC(Sc2ccc(N=Cc3c(Cl)cccc3Cl)cc2)C(=O)N1c1ccc2cc[nH]c2c1. The van der Waals surface area contributed by atoms with E-state index >= 15 is 0 Å². The van der Waals surface area contributed by atoms with Crippen molar-refractivity contribution in [1.29, 1.82) is 0 Å². The average molecular weight is 494 g/mol. The quantitative estimate of drug-likeness (QED) is 0.250. The summed E-state index contributed by atoms with van der Waals surface area (Å²) >= 11 is 13.7. The Morgan fingerprint density at radius 1 is 1.00 bits per heavy atom. The lowest BCUT2D eigenvalue weighted by atomic mass is 10.2. The third-order valence-electron chi connectivity index (χ3n) is 5.36. The Labute approximate surface area is 204 Å². The molecule has 2 amide bonds. The van der Waals surface area contributed by atoms with Gasteiger partial charge in [-0.2, -0.15) is 0 Å². The van der Waals surface area contributed by atoms with Crippen LogP contribution in [0.1, 0.15) is 12.0 Å². The van der Waals surface area contributed by atoms with Gasteiger partial charge in [0.15, 0.2) is 0 Å².